The molecular formula is C23H21FN4O3S. The molecule has 1 aliphatic rings. The summed E-state index contributed by atoms with van der Waals surface area (Å²) in [5, 5.41) is 14.4. The van der Waals surface area contributed by atoms with Gasteiger partial charge in [0.05, 0.1) is 30.0 Å². The van der Waals surface area contributed by atoms with Gasteiger partial charge < -0.3 is 14.7 Å². The van der Waals surface area contributed by atoms with Crippen LogP contribution in [0.5, 0.6) is 0 Å². The second-order valence-electron chi connectivity index (χ2n) is 7.69. The van der Waals surface area contributed by atoms with E-state index in [2.05, 4.69) is 10.00 Å². The SMILES string of the molecule is Cc1cc(C(=O)O)nn1Cc1cc(-c2ccccc2F)cc2sc(N3CCOCC3)nc12. The predicted molar refractivity (Wildman–Crippen MR) is 121 cm³/mol. The first-order valence-electron chi connectivity index (χ1n) is 10.3. The molecule has 1 fully saturated rings. The zero-order valence-electron chi connectivity index (χ0n) is 17.4. The Kier molecular flexibility index (Phi) is 5.36. The molecule has 0 saturated carbocycles. The normalized spacial score (nSPS) is 14.2. The first kappa shape index (κ1) is 20.6. The first-order valence-corrected chi connectivity index (χ1v) is 11.1. The Balaban J connectivity index is 1.63. The molecule has 0 amide bonds. The van der Waals surface area contributed by atoms with Crippen LogP contribution in [0, 0.1) is 12.7 Å². The maximum Gasteiger partial charge on any atom is 0.356 e. The van der Waals surface area contributed by atoms with Crippen LogP contribution in [0.4, 0.5) is 9.52 Å². The first-order chi connectivity index (χ1) is 15.5. The number of hydrogen-bond donors (Lipinski definition) is 1. The number of carbonyl (C=O) groups is 1. The van der Waals surface area contributed by atoms with Gasteiger partial charge in [-0.25, -0.2) is 14.2 Å². The lowest BCUT2D eigenvalue weighted by molar-refractivity contribution is 0.0689. The van der Waals surface area contributed by atoms with Crippen LogP contribution in [0.25, 0.3) is 21.3 Å². The van der Waals surface area contributed by atoms with Gasteiger partial charge in [-0.15, -0.1) is 0 Å². The quantitative estimate of drug-likeness (QED) is 0.489. The fourth-order valence-corrected chi connectivity index (χ4v) is 4.99. The van der Waals surface area contributed by atoms with Crippen molar-refractivity contribution >= 4 is 32.7 Å². The number of halogens is 1. The van der Waals surface area contributed by atoms with E-state index in [4.69, 9.17) is 9.72 Å². The number of benzene rings is 2. The van der Waals surface area contributed by atoms with Crippen molar-refractivity contribution in [1.82, 2.24) is 14.8 Å². The number of nitrogens with zero attached hydrogens (tertiary/aromatic N) is 4. The van der Waals surface area contributed by atoms with Crippen molar-refractivity contribution in [3.8, 4) is 11.1 Å². The largest absolute Gasteiger partial charge is 0.476 e. The molecule has 0 atom stereocenters. The molecule has 9 heteroatoms. The minimum absolute atomic E-state index is 0.00344. The van der Waals surface area contributed by atoms with Crippen molar-refractivity contribution < 1.29 is 19.0 Å². The number of fused-ring (bicyclic) bond motifs is 1. The number of ether oxygens (including phenoxy) is 1. The molecule has 32 heavy (non-hydrogen) atoms. The van der Waals surface area contributed by atoms with Gasteiger partial charge in [-0.1, -0.05) is 29.5 Å². The zero-order valence-corrected chi connectivity index (χ0v) is 18.2. The second kappa shape index (κ2) is 8.33. The Morgan fingerprint density at radius 1 is 1.22 bits per heavy atom. The predicted octanol–water partition coefficient (Wildman–Crippen LogP) is 4.19. The average Bonchev–Trinajstić information content (AvgIpc) is 3.39. The Morgan fingerprint density at radius 2 is 2.00 bits per heavy atom. The van der Waals surface area contributed by atoms with Crippen LogP contribution in [0.15, 0.2) is 42.5 Å². The zero-order chi connectivity index (χ0) is 22.2. The molecule has 5 rings (SSSR count). The Bertz CT molecular complexity index is 1310. The highest BCUT2D eigenvalue weighted by molar-refractivity contribution is 7.22. The molecule has 1 saturated heterocycles. The van der Waals surface area contributed by atoms with Crippen molar-refractivity contribution in [2.24, 2.45) is 0 Å². The molecule has 2 aromatic heterocycles. The summed E-state index contributed by atoms with van der Waals surface area (Å²) in [7, 11) is 0. The minimum atomic E-state index is -1.07. The van der Waals surface area contributed by atoms with E-state index in [0.29, 0.717) is 25.3 Å². The van der Waals surface area contributed by atoms with Crippen molar-refractivity contribution in [3.63, 3.8) is 0 Å². The minimum Gasteiger partial charge on any atom is -0.476 e. The van der Waals surface area contributed by atoms with E-state index in [-0.39, 0.29) is 11.5 Å². The standard InChI is InChI=1S/C23H21FN4O3S/c1-14-10-19(22(29)30)26-28(14)13-16-11-15(17-4-2-3-5-18(17)24)12-20-21(16)25-23(32-20)27-6-8-31-9-7-27/h2-5,10-12H,6-9,13H2,1H3,(H,29,30). The smallest absolute Gasteiger partial charge is 0.356 e. The number of aryl methyl sites for hydroxylation is 1. The van der Waals surface area contributed by atoms with E-state index in [1.807, 2.05) is 25.1 Å². The fourth-order valence-electron chi connectivity index (χ4n) is 3.88. The highest BCUT2D eigenvalue weighted by atomic mass is 32.1. The summed E-state index contributed by atoms with van der Waals surface area (Å²) in [6.07, 6.45) is 0. The van der Waals surface area contributed by atoms with Crippen LogP contribution in [0.2, 0.25) is 0 Å². The summed E-state index contributed by atoms with van der Waals surface area (Å²) in [6, 6.07) is 12.1. The number of aromatic carboxylic acids is 1. The van der Waals surface area contributed by atoms with Gasteiger partial charge >= 0.3 is 5.97 Å². The fraction of sp³-hybridized carbons (Fsp3) is 0.261. The molecule has 1 N–H and O–H groups in total. The number of thiazole rings is 1. The molecule has 0 bridgehead atoms. The molecule has 4 aromatic rings. The molecule has 164 valence electrons. The highest BCUT2D eigenvalue weighted by Crippen LogP contribution is 2.36. The molecule has 0 spiro atoms. The van der Waals surface area contributed by atoms with E-state index in [9.17, 15) is 14.3 Å². The van der Waals surface area contributed by atoms with Crippen molar-refractivity contribution in [3.05, 3.63) is 65.2 Å². The summed E-state index contributed by atoms with van der Waals surface area (Å²) >= 11 is 1.57. The van der Waals surface area contributed by atoms with Gasteiger partial charge in [0.15, 0.2) is 10.8 Å². The molecule has 1 aliphatic heterocycles. The molecule has 2 aromatic carbocycles. The van der Waals surface area contributed by atoms with Crippen LogP contribution in [-0.4, -0.2) is 52.1 Å². The molecule has 7 nitrogen and oxygen atoms in total. The monoisotopic (exact) mass is 452 g/mol. The van der Waals surface area contributed by atoms with Crippen LogP contribution < -0.4 is 4.90 Å². The van der Waals surface area contributed by atoms with Gasteiger partial charge in [0.1, 0.15) is 5.82 Å². The number of anilines is 1. The van der Waals surface area contributed by atoms with E-state index in [1.165, 1.54) is 6.07 Å². The molecule has 0 aliphatic carbocycles. The van der Waals surface area contributed by atoms with Gasteiger partial charge in [-0.05, 0) is 36.8 Å². The van der Waals surface area contributed by atoms with E-state index >= 15 is 0 Å². The van der Waals surface area contributed by atoms with Gasteiger partial charge in [0.25, 0.3) is 0 Å². The number of aromatic nitrogens is 3. The number of carboxylic acids is 1. The van der Waals surface area contributed by atoms with Crippen LogP contribution in [0.1, 0.15) is 21.7 Å². The number of hydrogen-bond acceptors (Lipinski definition) is 6. The molecular weight excluding hydrogens is 431 g/mol. The number of carboxylic acid groups (broad SMARTS) is 1. The van der Waals surface area contributed by atoms with E-state index in [1.54, 1.807) is 34.2 Å². The lowest BCUT2D eigenvalue weighted by Crippen LogP contribution is -2.36. The van der Waals surface area contributed by atoms with Crippen LogP contribution in [0.3, 0.4) is 0 Å². The number of morpholine rings is 1. The summed E-state index contributed by atoms with van der Waals surface area (Å²) in [5.41, 5.74) is 3.68. The van der Waals surface area contributed by atoms with Crippen molar-refractivity contribution in [2.45, 2.75) is 13.5 Å². The van der Waals surface area contributed by atoms with Gasteiger partial charge in [-0.2, -0.15) is 5.10 Å². The lowest BCUT2D eigenvalue weighted by Gasteiger charge is -2.25. The summed E-state index contributed by atoms with van der Waals surface area (Å²) in [5.74, 6) is -1.36. The average molecular weight is 453 g/mol. The van der Waals surface area contributed by atoms with E-state index in [0.717, 1.165) is 45.3 Å². The molecule has 0 unspecified atom stereocenters. The Hall–Kier alpha value is -3.30. The Labute approximate surface area is 187 Å². The summed E-state index contributed by atoms with van der Waals surface area (Å²) in [4.78, 5) is 18.4. The third-order valence-electron chi connectivity index (χ3n) is 5.55. The summed E-state index contributed by atoms with van der Waals surface area (Å²) in [6.45, 7) is 5.02. The third-order valence-corrected chi connectivity index (χ3v) is 6.61. The van der Waals surface area contributed by atoms with Crippen molar-refractivity contribution in [1.29, 1.82) is 0 Å². The van der Waals surface area contributed by atoms with Gasteiger partial charge in [0.2, 0.25) is 0 Å². The van der Waals surface area contributed by atoms with Crippen molar-refractivity contribution in [2.75, 3.05) is 31.2 Å². The number of rotatable bonds is 5. The molecule has 0 radical (unpaired) electrons. The topological polar surface area (TPSA) is 80.5 Å². The molecule has 3 heterocycles. The van der Waals surface area contributed by atoms with E-state index < -0.39 is 5.97 Å². The van der Waals surface area contributed by atoms with Crippen LogP contribution >= 0.6 is 11.3 Å². The maximum atomic E-state index is 14.6. The second-order valence-corrected chi connectivity index (χ2v) is 8.70. The van der Waals surface area contributed by atoms with Gasteiger partial charge in [-0.3, -0.25) is 4.68 Å². The van der Waals surface area contributed by atoms with Gasteiger partial charge in [0, 0.05) is 29.9 Å². The van der Waals surface area contributed by atoms with Crippen LogP contribution in [-0.2, 0) is 11.3 Å². The lowest BCUT2D eigenvalue weighted by atomic mass is 10.0. The Morgan fingerprint density at radius 3 is 2.72 bits per heavy atom. The third kappa shape index (κ3) is 3.85. The maximum absolute atomic E-state index is 14.6. The summed E-state index contributed by atoms with van der Waals surface area (Å²) < 4.78 is 22.6. The highest BCUT2D eigenvalue weighted by Gasteiger charge is 2.20.